The summed E-state index contributed by atoms with van der Waals surface area (Å²) >= 11 is 2.23. The molecule has 0 heterocycles. The Morgan fingerprint density at radius 1 is 1.83 bits per heavy atom. The van der Waals surface area contributed by atoms with Crippen molar-refractivity contribution in [3.8, 4) is 0 Å². The average Bonchev–Trinajstić information content (AvgIpc) is 1.61. The van der Waals surface area contributed by atoms with Gasteiger partial charge < -0.3 is 0 Å². The fraction of sp³-hybridized carbons (Fsp3) is 1.00. The molecule has 0 rings (SSSR count). The fourth-order valence-corrected chi connectivity index (χ4v) is 4.48. The van der Waals surface area contributed by atoms with Crippen LogP contribution >= 0.6 is 17.7 Å². The molecule has 0 amide bonds. The van der Waals surface area contributed by atoms with Crippen LogP contribution < -0.4 is 0 Å². The fourth-order valence-electron chi connectivity index (χ4n) is 0.199. The second kappa shape index (κ2) is 6.63. The van der Waals surface area contributed by atoms with Crippen LogP contribution in [0.15, 0.2) is 0 Å². The van der Waals surface area contributed by atoms with Gasteiger partial charge in [-0.2, -0.15) is 0 Å². The predicted octanol–water partition coefficient (Wildman–Crippen LogP) is 1.48. The molecule has 0 unspecified atom stereocenters. The first kappa shape index (κ1) is 7.63. The number of ether oxygens (including phenoxy) is 1. The molecular formula is C3H7HgIO. The van der Waals surface area contributed by atoms with Gasteiger partial charge in [-0.3, -0.25) is 0 Å². The Kier molecular flexibility index (Phi) is 8.42. The maximum absolute atomic E-state index is 4.83. The van der Waals surface area contributed by atoms with Gasteiger partial charge in [-0.25, -0.2) is 0 Å². The van der Waals surface area contributed by atoms with Gasteiger partial charge in [0, 0.05) is 0 Å². The van der Waals surface area contributed by atoms with Crippen molar-refractivity contribution >= 4 is 17.7 Å². The Labute approximate surface area is 59.6 Å². The van der Waals surface area contributed by atoms with E-state index in [0.717, 1.165) is 6.61 Å². The molecule has 0 aliphatic heterocycles. The molecule has 0 aliphatic rings. The Morgan fingerprint density at radius 3 is 2.67 bits per heavy atom. The van der Waals surface area contributed by atoms with E-state index in [0.29, 0.717) is 0 Å². The molecule has 0 aliphatic carbocycles. The van der Waals surface area contributed by atoms with Crippen LogP contribution in [-0.2, 0) is 25.0 Å². The molecule has 0 N–H and O–H groups in total. The Hall–Kier alpha value is 1.63. The first-order chi connectivity index (χ1) is 2.91. The summed E-state index contributed by atoms with van der Waals surface area (Å²) in [5.41, 5.74) is 0. The Morgan fingerprint density at radius 2 is 2.50 bits per heavy atom. The molecular weight excluding hydrogens is 380 g/mol. The zero-order valence-corrected chi connectivity index (χ0v) is 11.6. The molecule has 0 fully saturated rings. The van der Waals surface area contributed by atoms with E-state index in [-0.39, 0.29) is 20.2 Å². The van der Waals surface area contributed by atoms with Crippen LogP contribution in [0.25, 0.3) is 0 Å². The summed E-state index contributed by atoms with van der Waals surface area (Å²) in [6, 6.07) is 0. The quantitative estimate of drug-likeness (QED) is 0.406. The Balaban J connectivity index is 2.34. The van der Waals surface area contributed by atoms with Gasteiger partial charge in [0.15, 0.2) is 0 Å². The second-order valence-corrected chi connectivity index (χ2v) is 14.7. The van der Waals surface area contributed by atoms with E-state index in [1.807, 2.05) is 0 Å². The van der Waals surface area contributed by atoms with Gasteiger partial charge in [-0.05, 0) is 0 Å². The van der Waals surface area contributed by atoms with Gasteiger partial charge in [0.05, 0.1) is 0 Å². The van der Waals surface area contributed by atoms with Gasteiger partial charge in [0.2, 0.25) is 0 Å². The number of hydrogen-bond acceptors (Lipinski definition) is 1. The van der Waals surface area contributed by atoms with E-state index in [1.54, 1.807) is 7.11 Å². The molecule has 0 aromatic carbocycles. The summed E-state index contributed by atoms with van der Waals surface area (Å²) in [5, 5.41) is 0. The van der Waals surface area contributed by atoms with Gasteiger partial charge >= 0.3 is 60.3 Å². The molecule has 6 heavy (non-hydrogen) atoms. The van der Waals surface area contributed by atoms with Crippen LogP contribution in [0.1, 0.15) is 0 Å². The molecule has 0 saturated carbocycles. The van der Waals surface area contributed by atoms with Crippen LogP contribution in [0.5, 0.6) is 0 Å². The van der Waals surface area contributed by atoms with Crippen molar-refractivity contribution in [3.05, 3.63) is 0 Å². The Bertz CT molecular complexity index is 22.8. The number of rotatable bonds is 3. The summed E-state index contributed by atoms with van der Waals surface area (Å²) < 4.78 is 6.23. The van der Waals surface area contributed by atoms with Gasteiger partial charge in [0.25, 0.3) is 0 Å². The SMILES string of the molecule is COC[CH2][Hg][I]. The number of methoxy groups -OCH3 is 1. The first-order valence-electron chi connectivity index (χ1n) is 1.96. The summed E-state index contributed by atoms with van der Waals surface area (Å²) in [5.74, 6) is 0. The van der Waals surface area contributed by atoms with Crippen molar-refractivity contribution < 1.29 is 25.0 Å². The normalized spacial score (nSPS) is 7.67. The third-order valence-electron chi connectivity index (χ3n) is 0.482. The molecule has 0 spiro atoms. The van der Waals surface area contributed by atoms with Crippen molar-refractivity contribution in [3.63, 3.8) is 0 Å². The molecule has 0 aromatic heterocycles. The van der Waals surface area contributed by atoms with Gasteiger partial charge in [0.1, 0.15) is 0 Å². The zero-order valence-electron chi connectivity index (χ0n) is 3.91. The van der Waals surface area contributed by atoms with Crippen LogP contribution in [0.4, 0.5) is 0 Å². The number of halogens is 1. The third-order valence-corrected chi connectivity index (χ3v) is 9.34. The van der Waals surface area contributed by atoms with E-state index < -0.39 is 0 Å². The van der Waals surface area contributed by atoms with E-state index in [2.05, 4.69) is 17.7 Å². The first-order valence-corrected chi connectivity index (χ1v) is 21.3. The zero-order chi connectivity index (χ0) is 4.83. The monoisotopic (exact) mass is 388 g/mol. The topological polar surface area (TPSA) is 9.23 Å². The van der Waals surface area contributed by atoms with Gasteiger partial charge in [-0.15, -0.1) is 0 Å². The summed E-state index contributed by atoms with van der Waals surface area (Å²) in [6.45, 7) is 1.00. The maximum atomic E-state index is 4.83. The van der Waals surface area contributed by atoms with E-state index >= 15 is 0 Å². The van der Waals surface area contributed by atoms with E-state index in [4.69, 9.17) is 4.74 Å². The molecule has 1 nitrogen and oxygen atoms in total. The van der Waals surface area contributed by atoms with Crippen LogP contribution in [-0.4, -0.2) is 13.7 Å². The molecule has 3 heteroatoms. The van der Waals surface area contributed by atoms with Crippen LogP contribution in [0, 0.1) is 0 Å². The standard InChI is InChI=1S/C3H7O.Hg.HI/c1-3-4-2;;/h1,3H2,2H3;;1H/q;+1;/p-1. The van der Waals surface area contributed by atoms with Crippen LogP contribution in [0.2, 0.25) is 3.93 Å². The minimum atomic E-state index is -0.323. The molecule has 34 valence electrons. The summed E-state index contributed by atoms with van der Waals surface area (Å²) in [4.78, 5) is 0. The van der Waals surface area contributed by atoms with Crippen molar-refractivity contribution in [1.82, 2.24) is 0 Å². The van der Waals surface area contributed by atoms with Crippen LogP contribution in [0.3, 0.4) is 0 Å². The third kappa shape index (κ3) is 5.63. The van der Waals surface area contributed by atoms with Gasteiger partial charge in [-0.1, -0.05) is 0 Å². The van der Waals surface area contributed by atoms with Crippen molar-refractivity contribution in [2.45, 2.75) is 3.93 Å². The van der Waals surface area contributed by atoms with E-state index in [1.165, 1.54) is 3.93 Å². The second-order valence-electron chi connectivity index (χ2n) is 1.04. The average molecular weight is 387 g/mol. The van der Waals surface area contributed by atoms with Crippen molar-refractivity contribution in [1.29, 1.82) is 0 Å². The molecule has 0 aromatic rings. The summed E-state index contributed by atoms with van der Waals surface area (Å²) in [7, 11) is 1.76. The summed E-state index contributed by atoms with van der Waals surface area (Å²) in [6.07, 6.45) is 0. The minimum absolute atomic E-state index is 0.323. The molecule has 0 saturated heterocycles. The molecule has 0 atom stereocenters. The van der Waals surface area contributed by atoms with E-state index in [9.17, 15) is 0 Å². The number of hydrogen-bond donors (Lipinski definition) is 0. The molecule has 0 bridgehead atoms. The van der Waals surface area contributed by atoms with Crippen molar-refractivity contribution in [2.24, 2.45) is 0 Å². The molecule has 0 radical (unpaired) electrons. The van der Waals surface area contributed by atoms with Crippen molar-refractivity contribution in [2.75, 3.05) is 13.7 Å². The predicted molar refractivity (Wildman–Crippen MR) is 30.7 cm³/mol.